The summed E-state index contributed by atoms with van der Waals surface area (Å²) in [6.07, 6.45) is 0. The fourth-order valence-corrected chi connectivity index (χ4v) is 4.52. The van der Waals surface area contributed by atoms with Gasteiger partial charge in [-0.15, -0.1) is 0 Å². The lowest BCUT2D eigenvalue weighted by atomic mass is 9.98. The molecule has 0 aliphatic carbocycles. The Labute approximate surface area is 192 Å². The summed E-state index contributed by atoms with van der Waals surface area (Å²) < 4.78 is 0. The van der Waals surface area contributed by atoms with Crippen LogP contribution in [0, 0.1) is 18.8 Å². The molecule has 0 aliphatic rings. The van der Waals surface area contributed by atoms with E-state index in [1.165, 1.54) is 27.8 Å². The van der Waals surface area contributed by atoms with Crippen molar-refractivity contribution < 1.29 is 0 Å². The third-order valence-electron chi connectivity index (χ3n) is 5.73. The summed E-state index contributed by atoms with van der Waals surface area (Å²) in [6.45, 7) is 14.5. The van der Waals surface area contributed by atoms with Crippen LogP contribution in [0.5, 0.6) is 0 Å². The minimum absolute atomic E-state index is 0.675. The third kappa shape index (κ3) is 5.46. The zero-order valence-electron chi connectivity index (χ0n) is 20.0. The number of hydrogen-bond acceptors (Lipinski definition) is 2. The highest BCUT2D eigenvalue weighted by Gasteiger charge is 2.11. The summed E-state index contributed by atoms with van der Waals surface area (Å²) in [5, 5.41) is 0. The van der Waals surface area contributed by atoms with Crippen molar-refractivity contribution in [2.45, 2.75) is 41.2 Å². The number of aromatic amines is 1. The third-order valence-corrected chi connectivity index (χ3v) is 5.73. The quantitative estimate of drug-likeness (QED) is 0.321. The maximum Gasteiger partial charge on any atom is 0.104 e. The topological polar surface area (TPSA) is 31.9 Å². The standard InChI is InChI=1S/C29H35N3/c1-20(2)17-32(18-21(3)4)19-23-7-6-8-26(15-23)24-9-11-25(12-10-24)27-13-14-28-29(16-27)31-22(5)30-28/h6-16,20-21H,17-19H2,1-5H3,(H,30,31). The molecule has 0 bridgehead atoms. The zero-order chi connectivity index (χ0) is 22.7. The van der Waals surface area contributed by atoms with Crippen LogP contribution in [-0.4, -0.2) is 28.0 Å². The van der Waals surface area contributed by atoms with Gasteiger partial charge in [0.15, 0.2) is 0 Å². The predicted octanol–water partition coefficient (Wildman–Crippen LogP) is 7.32. The number of H-pyrrole nitrogens is 1. The second-order valence-electron chi connectivity index (χ2n) is 9.81. The molecule has 0 spiro atoms. The van der Waals surface area contributed by atoms with Crippen molar-refractivity contribution in [3.8, 4) is 22.3 Å². The molecule has 166 valence electrons. The van der Waals surface area contributed by atoms with Gasteiger partial charge in [-0.3, -0.25) is 4.90 Å². The van der Waals surface area contributed by atoms with Crippen molar-refractivity contribution >= 4 is 11.0 Å². The first-order chi connectivity index (χ1) is 15.4. The van der Waals surface area contributed by atoms with Crippen molar-refractivity contribution in [1.29, 1.82) is 0 Å². The van der Waals surface area contributed by atoms with E-state index in [0.29, 0.717) is 11.8 Å². The molecular weight excluding hydrogens is 390 g/mol. The Bertz CT molecular complexity index is 1160. The average Bonchev–Trinajstić information content (AvgIpc) is 3.12. The molecule has 0 radical (unpaired) electrons. The van der Waals surface area contributed by atoms with Crippen LogP contribution in [0.4, 0.5) is 0 Å². The highest BCUT2D eigenvalue weighted by atomic mass is 15.1. The fraction of sp³-hybridized carbons (Fsp3) is 0.345. The molecule has 3 heteroatoms. The van der Waals surface area contributed by atoms with Crippen LogP contribution in [0.15, 0.2) is 66.7 Å². The predicted molar refractivity (Wildman–Crippen MR) is 137 cm³/mol. The Balaban J connectivity index is 1.53. The second kappa shape index (κ2) is 9.70. The van der Waals surface area contributed by atoms with Gasteiger partial charge in [-0.05, 0) is 64.8 Å². The number of rotatable bonds is 8. The van der Waals surface area contributed by atoms with Crippen LogP contribution in [-0.2, 0) is 6.54 Å². The molecule has 4 aromatic rings. The highest BCUT2D eigenvalue weighted by molar-refractivity contribution is 5.82. The van der Waals surface area contributed by atoms with E-state index in [1.807, 2.05) is 6.92 Å². The van der Waals surface area contributed by atoms with Crippen molar-refractivity contribution in [2.24, 2.45) is 11.8 Å². The first-order valence-corrected chi connectivity index (χ1v) is 11.8. The molecule has 0 amide bonds. The molecule has 0 aliphatic heterocycles. The first kappa shape index (κ1) is 22.3. The molecule has 1 aromatic heterocycles. The van der Waals surface area contributed by atoms with Gasteiger partial charge < -0.3 is 4.98 Å². The average molecular weight is 426 g/mol. The second-order valence-corrected chi connectivity index (χ2v) is 9.81. The molecular formula is C29H35N3. The molecule has 1 N–H and O–H groups in total. The minimum atomic E-state index is 0.675. The molecule has 32 heavy (non-hydrogen) atoms. The number of benzene rings is 3. The van der Waals surface area contributed by atoms with Crippen molar-refractivity contribution in [1.82, 2.24) is 14.9 Å². The van der Waals surface area contributed by atoms with E-state index in [2.05, 4.69) is 109 Å². The normalized spacial score (nSPS) is 11.9. The molecule has 4 rings (SSSR count). The lowest BCUT2D eigenvalue weighted by Gasteiger charge is -2.26. The monoisotopic (exact) mass is 425 g/mol. The minimum Gasteiger partial charge on any atom is -0.342 e. The molecule has 0 unspecified atom stereocenters. The van der Waals surface area contributed by atoms with Gasteiger partial charge in [-0.1, -0.05) is 76.2 Å². The fourth-order valence-electron chi connectivity index (χ4n) is 4.52. The SMILES string of the molecule is Cc1nc2ccc(-c3ccc(-c4cccc(CN(CC(C)C)CC(C)C)c4)cc3)cc2[nH]1. The van der Waals surface area contributed by atoms with Crippen LogP contribution in [0.3, 0.4) is 0 Å². The molecule has 1 heterocycles. The summed E-state index contributed by atoms with van der Waals surface area (Å²) in [5.41, 5.74) is 8.45. The Morgan fingerprint density at radius 1 is 0.750 bits per heavy atom. The summed E-state index contributed by atoms with van der Waals surface area (Å²) in [5.74, 6) is 2.30. The molecule has 0 saturated carbocycles. The van der Waals surface area contributed by atoms with Gasteiger partial charge in [-0.2, -0.15) is 0 Å². The summed E-state index contributed by atoms with van der Waals surface area (Å²) in [6, 6.07) is 24.3. The molecule has 3 aromatic carbocycles. The Morgan fingerprint density at radius 3 is 1.97 bits per heavy atom. The van der Waals surface area contributed by atoms with Gasteiger partial charge in [0, 0.05) is 19.6 Å². The van der Waals surface area contributed by atoms with E-state index in [9.17, 15) is 0 Å². The Kier molecular flexibility index (Phi) is 6.76. The highest BCUT2D eigenvalue weighted by Crippen LogP contribution is 2.27. The van der Waals surface area contributed by atoms with Gasteiger partial charge in [-0.25, -0.2) is 4.98 Å². The molecule has 0 fully saturated rings. The van der Waals surface area contributed by atoms with E-state index in [-0.39, 0.29) is 0 Å². The number of nitrogens with one attached hydrogen (secondary N) is 1. The number of imidazole rings is 1. The van der Waals surface area contributed by atoms with Gasteiger partial charge in [0.1, 0.15) is 5.82 Å². The van der Waals surface area contributed by atoms with Crippen LogP contribution in [0.2, 0.25) is 0 Å². The van der Waals surface area contributed by atoms with Crippen molar-refractivity contribution in [2.75, 3.05) is 13.1 Å². The summed E-state index contributed by atoms with van der Waals surface area (Å²) >= 11 is 0. The molecule has 0 atom stereocenters. The van der Waals surface area contributed by atoms with Gasteiger partial charge in [0.25, 0.3) is 0 Å². The summed E-state index contributed by atoms with van der Waals surface area (Å²) in [7, 11) is 0. The lowest BCUT2D eigenvalue weighted by molar-refractivity contribution is 0.211. The number of aromatic nitrogens is 2. The Morgan fingerprint density at radius 2 is 1.34 bits per heavy atom. The van der Waals surface area contributed by atoms with Gasteiger partial charge in [0.2, 0.25) is 0 Å². The van der Waals surface area contributed by atoms with Crippen LogP contribution >= 0.6 is 0 Å². The van der Waals surface area contributed by atoms with E-state index in [0.717, 1.165) is 36.5 Å². The van der Waals surface area contributed by atoms with Gasteiger partial charge in [0.05, 0.1) is 11.0 Å². The number of nitrogens with zero attached hydrogens (tertiary/aromatic N) is 2. The van der Waals surface area contributed by atoms with Crippen LogP contribution in [0.1, 0.15) is 39.1 Å². The van der Waals surface area contributed by atoms with Crippen LogP contribution in [0.25, 0.3) is 33.3 Å². The Hall–Kier alpha value is -2.91. The summed E-state index contributed by atoms with van der Waals surface area (Å²) in [4.78, 5) is 10.4. The van der Waals surface area contributed by atoms with Crippen LogP contribution < -0.4 is 0 Å². The largest absolute Gasteiger partial charge is 0.342 e. The zero-order valence-corrected chi connectivity index (χ0v) is 20.0. The molecule has 3 nitrogen and oxygen atoms in total. The van der Waals surface area contributed by atoms with E-state index in [1.54, 1.807) is 0 Å². The first-order valence-electron chi connectivity index (χ1n) is 11.8. The number of aryl methyl sites for hydroxylation is 1. The number of hydrogen-bond donors (Lipinski definition) is 1. The maximum atomic E-state index is 4.50. The van der Waals surface area contributed by atoms with E-state index in [4.69, 9.17) is 0 Å². The van der Waals surface area contributed by atoms with E-state index >= 15 is 0 Å². The van der Waals surface area contributed by atoms with E-state index < -0.39 is 0 Å². The van der Waals surface area contributed by atoms with Gasteiger partial charge >= 0.3 is 0 Å². The molecule has 0 saturated heterocycles. The number of fused-ring (bicyclic) bond motifs is 1. The van der Waals surface area contributed by atoms with Crippen molar-refractivity contribution in [3.63, 3.8) is 0 Å². The smallest absolute Gasteiger partial charge is 0.104 e. The van der Waals surface area contributed by atoms with Crippen molar-refractivity contribution in [3.05, 3.63) is 78.1 Å². The maximum absolute atomic E-state index is 4.50. The lowest BCUT2D eigenvalue weighted by Crippen LogP contribution is -2.30.